The molecule has 0 atom stereocenters. The Hall–Kier alpha value is -0.530. The van der Waals surface area contributed by atoms with E-state index in [2.05, 4.69) is 88.4 Å². The summed E-state index contributed by atoms with van der Waals surface area (Å²) in [6.45, 7) is 26.3. The number of hydrogen-bond acceptors (Lipinski definition) is 1. The van der Waals surface area contributed by atoms with Crippen LogP contribution < -0.4 is 5.32 Å². The molecule has 2 heteroatoms. The molecule has 1 N–H and O–H groups in total. The lowest BCUT2D eigenvalue weighted by Gasteiger charge is -2.46. The molecular formula is C20H41NO. The maximum absolute atomic E-state index is 13.0. The van der Waals surface area contributed by atoms with Crippen molar-refractivity contribution < 1.29 is 4.79 Å². The molecule has 0 aliphatic rings. The predicted molar refractivity (Wildman–Crippen MR) is 97.9 cm³/mol. The van der Waals surface area contributed by atoms with E-state index in [9.17, 15) is 4.79 Å². The van der Waals surface area contributed by atoms with Gasteiger partial charge in [-0.3, -0.25) is 4.79 Å². The van der Waals surface area contributed by atoms with Gasteiger partial charge >= 0.3 is 0 Å². The second-order valence-corrected chi connectivity index (χ2v) is 10.2. The van der Waals surface area contributed by atoms with Gasteiger partial charge in [-0.1, -0.05) is 69.2 Å². The molecule has 0 heterocycles. The van der Waals surface area contributed by atoms with Crippen LogP contribution in [0.4, 0.5) is 0 Å². The van der Waals surface area contributed by atoms with Crippen molar-refractivity contribution in [3.05, 3.63) is 0 Å². The molecule has 2 nitrogen and oxygen atoms in total. The van der Waals surface area contributed by atoms with Gasteiger partial charge in [0, 0.05) is 11.0 Å². The lowest BCUT2D eigenvalue weighted by atomic mass is 9.61. The fraction of sp³-hybridized carbons (Fsp3) is 0.950. The van der Waals surface area contributed by atoms with Gasteiger partial charge < -0.3 is 5.32 Å². The van der Waals surface area contributed by atoms with E-state index in [1.165, 1.54) is 0 Å². The van der Waals surface area contributed by atoms with Gasteiger partial charge in [0.05, 0.1) is 0 Å². The monoisotopic (exact) mass is 311 g/mol. The standard InChI is InChI=1S/C20H41NO/c1-14(2)17(5,6)13-18(7,8)21-16(22)20(11,12)19(9,10)15(3)4/h14-15H,13H2,1-12H3,(H,21,22). The Morgan fingerprint density at radius 1 is 0.818 bits per heavy atom. The van der Waals surface area contributed by atoms with Gasteiger partial charge in [-0.15, -0.1) is 0 Å². The first-order valence-corrected chi connectivity index (χ1v) is 8.80. The second-order valence-electron chi connectivity index (χ2n) is 10.2. The maximum Gasteiger partial charge on any atom is 0.226 e. The summed E-state index contributed by atoms with van der Waals surface area (Å²) in [4.78, 5) is 13.0. The summed E-state index contributed by atoms with van der Waals surface area (Å²) in [5, 5.41) is 3.33. The van der Waals surface area contributed by atoms with E-state index >= 15 is 0 Å². The maximum atomic E-state index is 13.0. The highest BCUT2D eigenvalue weighted by atomic mass is 16.2. The van der Waals surface area contributed by atoms with Crippen LogP contribution >= 0.6 is 0 Å². The van der Waals surface area contributed by atoms with Crippen LogP contribution in [0.1, 0.15) is 89.5 Å². The summed E-state index contributed by atoms with van der Waals surface area (Å²) >= 11 is 0. The van der Waals surface area contributed by atoms with E-state index in [4.69, 9.17) is 0 Å². The molecule has 0 unspecified atom stereocenters. The van der Waals surface area contributed by atoms with Crippen LogP contribution in [0.5, 0.6) is 0 Å². The topological polar surface area (TPSA) is 29.1 Å². The number of carbonyl (C=O) groups is 1. The van der Waals surface area contributed by atoms with Crippen molar-refractivity contribution in [3.63, 3.8) is 0 Å². The molecule has 0 rings (SSSR count). The van der Waals surface area contributed by atoms with Gasteiger partial charge in [0.25, 0.3) is 0 Å². The molecule has 0 aromatic carbocycles. The van der Waals surface area contributed by atoms with Crippen LogP contribution in [-0.4, -0.2) is 11.4 Å². The van der Waals surface area contributed by atoms with Gasteiger partial charge in [0.15, 0.2) is 0 Å². The Kier molecular flexibility index (Phi) is 6.37. The Bertz CT molecular complexity index is 387. The SMILES string of the molecule is CC(C)C(C)(C)CC(C)(C)NC(=O)C(C)(C)C(C)(C)C(C)C. The summed E-state index contributed by atoms with van der Waals surface area (Å²) in [5.74, 6) is 1.20. The van der Waals surface area contributed by atoms with Crippen LogP contribution in [-0.2, 0) is 4.79 Å². The minimum Gasteiger partial charge on any atom is -0.351 e. The van der Waals surface area contributed by atoms with Gasteiger partial charge in [-0.05, 0) is 42.9 Å². The number of rotatable bonds is 7. The molecule has 22 heavy (non-hydrogen) atoms. The van der Waals surface area contributed by atoms with E-state index in [0.29, 0.717) is 11.8 Å². The third kappa shape index (κ3) is 4.73. The quantitative estimate of drug-likeness (QED) is 0.645. The third-order valence-electron chi connectivity index (χ3n) is 6.53. The van der Waals surface area contributed by atoms with Crippen molar-refractivity contribution in [2.45, 2.75) is 95.0 Å². The lowest BCUT2D eigenvalue weighted by molar-refractivity contribution is -0.139. The Morgan fingerprint density at radius 3 is 1.55 bits per heavy atom. The molecule has 0 fully saturated rings. The smallest absolute Gasteiger partial charge is 0.226 e. The zero-order chi connectivity index (χ0) is 18.1. The Labute approximate surface area is 139 Å². The highest BCUT2D eigenvalue weighted by Gasteiger charge is 2.46. The summed E-state index contributed by atoms with van der Waals surface area (Å²) < 4.78 is 0. The van der Waals surface area contributed by atoms with Gasteiger partial charge in [0.2, 0.25) is 5.91 Å². The van der Waals surface area contributed by atoms with E-state index in [0.717, 1.165) is 6.42 Å². The van der Waals surface area contributed by atoms with E-state index in [1.54, 1.807) is 0 Å². The van der Waals surface area contributed by atoms with Gasteiger partial charge in [-0.25, -0.2) is 0 Å². The number of carbonyl (C=O) groups excluding carboxylic acids is 1. The molecule has 0 radical (unpaired) electrons. The summed E-state index contributed by atoms with van der Waals surface area (Å²) in [7, 11) is 0. The summed E-state index contributed by atoms with van der Waals surface area (Å²) in [6.07, 6.45) is 0.974. The fourth-order valence-electron chi connectivity index (χ4n) is 2.87. The minimum absolute atomic E-state index is 0.0548. The number of amides is 1. The predicted octanol–water partition coefficient (Wildman–Crippen LogP) is 5.66. The molecule has 132 valence electrons. The zero-order valence-electron chi connectivity index (χ0n) is 17.3. The number of hydrogen-bond donors (Lipinski definition) is 1. The molecule has 0 saturated heterocycles. The first-order valence-electron chi connectivity index (χ1n) is 8.80. The minimum atomic E-state index is -0.402. The third-order valence-corrected chi connectivity index (χ3v) is 6.53. The highest BCUT2D eigenvalue weighted by Crippen LogP contribution is 2.45. The summed E-state index contributed by atoms with van der Waals surface area (Å²) in [6, 6.07) is 0. The normalized spacial score (nSPS) is 14.6. The largest absolute Gasteiger partial charge is 0.351 e. The van der Waals surface area contributed by atoms with E-state index in [1.807, 2.05) is 0 Å². The fourth-order valence-corrected chi connectivity index (χ4v) is 2.87. The van der Waals surface area contributed by atoms with Crippen molar-refractivity contribution >= 4 is 5.91 Å². The van der Waals surface area contributed by atoms with Crippen molar-refractivity contribution in [3.8, 4) is 0 Å². The van der Waals surface area contributed by atoms with Crippen LogP contribution in [0.25, 0.3) is 0 Å². The zero-order valence-corrected chi connectivity index (χ0v) is 17.3. The Balaban J connectivity index is 5.19. The average molecular weight is 312 g/mol. The first-order chi connectivity index (χ1) is 9.47. The molecule has 0 aromatic heterocycles. The molecule has 1 amide bonds. The molecule has 0 saturated carbocycles. The van der Waals surface area contributed by atoms with Crippen LogP contribution in [0, 0.1) is 28.1 Å². The molecule has 0 aliphatic heterocycles. The molecule has 0 spiro atoms. The van der Waals surface area contributed by atoms with Crippen LogP contribution in [0.3, 0.4) is 0 Å². The van der Waals surface area contributed by atoms with Crippen molar-refractivity contribution in [2.24, 2.45) is 28.1 Å². The van der Waals surface area contributed by atoms with Crippen molar-refractivity contribution in [1.29, 1.82) is 0 Å². The van der Waals surface area contributed by atoms with Gasteiger partial charge in [-0.2, -0.15) is 0 Å². The highest BCUT2D eigenvalue weighted by molar-refractivity contribution is 5.83. The molecular weight excluding hydrogens is 270 g/mol. The van der Waals surface area contributed by atoms with Crippen LogP contribution in [0.2, 0.25) is 0 Å². The van der Waals surface area contributed by atoms with E-state index in [-0.39, 0.29) is 22.3 Å². The van der Waals surface area contributed by atoms with Crippen molar-refractivity contribution in [2.75, 3.05) is 0 Å². The van der Waals surface area contributed by atoms with Crippen LogP contribution in [0.15, 0.2) is 0 Å². The lowest BCUT2D eigenvalue weighted by Crippen LogP contribution is -2.55. The summed E-state index contributed by atoms with van der Waals surface area (Å²) in [5.41, 5.74) is -0.454. The average Bonchev–Trinajstić information content (AvgIpc) is 2.25. The Morgan fingerprint density at radius 2 is 1.23 bits per heavy atom. The molecule has 0 aromatic rings. The van der Waals surface area contributed by atoms with Crippen molar-refractivity contribution in [1.82, 2.24) is 5.32 Å². The van der Waals surface area contributed by atoms with E-state index < -0.39 is 5.41 Å². The van der Waals surface area contributed by atoms with Gasteiger partial charge in [0.1, 0.15) is 0 Å². The molecule has 0 aliphatic carbocycles. The number of nitrogens with one attached hydrogen (secondary N) is 1. The first kappa shape index (κ1) is 21.5. The second kappa shape index (κ2) is 6.53. The molecule has 0 bridgehead atoms.